The molecule has 0 bridgehead atoms. The van der Waals surface area contributed by atoms with Crippen LogP contribution in [-0.4, -0.2) is 50.4 Å². The van der Waals surface area contributed by atoms with Gasteiger partial charge in [0.1, 0.15) is 19.0 Å². The van der Waals surface area contributed by atoms with Crippen LogP contribution in [0.4, 0.5) is 11.5 Å². The highest BCUT2D eigenvalue weighted by Crippen LogP contribution is 2.38. The number of amides is 1. The normalized spacial score (nSPS) is 16.3. The fraction of sp³-hybridized carbons (Fsp3) is 0.333. The van der Waals surface area contributed by atoms with Gasteiger partial charge in [-0.05, 0) is 24.3 Å². The molecule has 2 aliphatic heterocycles. The molecular formula is C18H18ClN3O4. The number of benzene rings is 1. The molecule has 2 aromatic rings. The number of halogens is 1. The molecule has 1 amide bonds. The number of hydrogen-bond acceptors (Lipinski definition) is 6. The van der Waals surface area contributed by atoms with Gasteiger partial charge in [0.05, 0.1) is 30.1 Å². The number of anilines is 2. The molecule has 7 nitrogen and oxygen atoms in total. The number of hydrogen-bond donors (Lipinski definition) is 1. The molecule has 0 aliphatic carbocycles. The number of nitrogens with one attached hydrogen (secondary N) is 1. The van der Waals surface area contributed by atoms with Gasteiger partial charge >= 0.3 is 0 Å². The van der Waals surface area contributed by atoms with Crippen molar-refractivity contribution >= 4 is 29.0 Å². The van der Waals surface area contributed by atoms with Crippen LogP contribution < -0.4 is 19.7 Å². The van der Waals surface area contributed by atoms with Gasteiger partial charge in [-0.15, -0.1) is 0 Å². The van der Waals surface area contributed by atoms with Crippen molar-refractivity contribution in [3.8, 4) is 11.5 Å². The molecule has 1 aromatic heterocycles. The Balaban J connectivity index is 1.47. The minimum absolute atomic E-state index is 0.287. The van der Waals surface area contributed by atoms with Crippen LogP contribution in [0.25, 0.3) is 0 Å². The molecule has 1 fully saturated rings. The van der Waals surface area contributed by atoms with Gasteiger partial charge in [-0.1, -0.05) is 11.6 Å². The van der Waals surface area contributed by atoms with Crippen molar-refractivity contribution in [2.45, 2.75) is 0 Å². The molecule has 1 saturated heterocycles. The Morgan fingerprint density at radius 1 is 1.12 bits per heavy atom. The maximum atomic E-state index is 12.5. The summed E-state index contributed by atoms with van der Waals surface area (Å²) < 4.78 is 16.3. The second-order valence-electron chi connectivity index (χ2n) is 5.94. The minimum Gasteiger partial charge on any atom is -0.486 e. The van der Waals surface area contributed by atoms with E-state index in [9.17, 15) is 4.79 Å². The number of pyridine rings is 1. The van der Waals surface area contributed by atoms with E-state index in [0.717, 1.165) is 18.9 Å². The SMILES string of the molecule is O=C(Nc1ccc(N2CCOCC2)nc1)c1cc(Cl)c2c(c1)OCCO2. The summed E-state index contributed by atoms with van der Waals surface area (Å²) in [6.45, 7) is 3.90. The third kappa shape index (κ3) is 3.54. The summed E-state index contributed by atoms with van der Waals surface area (Å²) in [7, 11) is 0. The zero-order valence-corrected chi connectivity index (χ0v) is 14.8. The topological polar surface area (TPSA) is 72.9 Å². The lowest BCUT2D eigenvalue weighted by Crippen LogP contribution is -2.36. The van der Waals surface area contributed by atoms with Crippen LogP contribution in [-0.2, 0) is 4.74 Å². The van der Waals surface area contributed by atoms with E-state index in [2.05, 4.69) is 15.2 Å². The number of aromatic nitrogens is 1. The predicted molar refractivity (Wildman–Crippen MR) is 97.7 cm³/mol. The lowest BCUT2D eigenvalue weighted by molar-refractivity contribution is 0.102. The lowest BCUT2D eigenvalue weighted by Gasteiger charge is -2.27. The summed E-state index contributed by atoms with van der Waals surface area (Å²) in [6.07, 6.45) is 1.64. The van der Waals surface area contributed by atoms with Gasteiger partial charge in [0, 0.05) is 18.7 Å². The Labute approximate surface area is 155 Å². The standard InChI is InChI=1S/C18H18ClN3O4/c19-14-9-12(10-15-17(14)26-8-7-25-15)18(23)21-13-1-2-16(20-11-13)22-3-5-24-6-4-22/h1-2,9-11H,3-8H2,(H,21,23). The quantitative estimate of drug-likeness (QED) is 0.889. The molecule has 136 valence electrons. The fourth-order valence-electron chi connectivity index (χ4n) is 2.88. The molecule has 0 saturated carbocycles. The highest BCUT2D eigenvalue weighted by atomic mass is 35.5. The molecule has 8 heteroatoms. The average Bonchev–Trinajstić information content (AvgIpc) is 2.69. The van der Waals surface area contributed by atoms with E-state index >= 15 is 0 Å². The van der Waals surface area contributed by atoms with Crippen molar-refractivity contribution in [2.75, 3.05) is 49.7 Å². The van der Waals surface area contributed by atoms with Gasteiger partial charge in [0.25, 0.3) is 5.91 Å². The number of ether oxygens (including phenoxy) is 3. The van der Waals surface area contributed by atoms with Crippen LogP contribution >= 0.6 is 11.6 Å². The van der Waals surface area contributed by atoms with Crippen LogP contribution in [0.2, 0.25) is 5.02 Å². The van der Waals surface area contributed by atoms with E-state index in [-0.39, 0.29) is 5.91 Å². The first-order valence-corrected chi connectivity index (χ1v) is 8.78. The maximum absolute atomic E-state index is 12.5. The molecule has 2 aliphatic rings. The second kappa shape index (κ2) is 7.39. The summed E-state index contributed by atoms with van der Waals surface area (Å²) in [5, 5.41) is 3.18. The first-order valence-electron chi connectivity index (χ1n) is 8.40. The minimum atomic E-state index is -0.287. The summed E-state index contributed by atoms with van der Waals surface area (Å²) in [5.74, 6) is 1.54. The highest BCUT2D eigenvalue weighted by molar-refractivity contribution is 6.32. The predicted octanol–water partition coefficient (Wildman–Crippen LogP) is 2.60. The summed E-state index contributed by atoms with van der Waals surface area (Å²) >= 11 is 6.19. The molecule has 0 radical (unpaired) electrons. The van der Waals surface area contributed by atoms with Crippen LogP contribution in [0.1, 0.15) is 10.4 Å². The molecule has 26 heavy (non-hydrogen) atoms. The molecule has 1 N–H and O–H groups in total. The van der Waals surface area contributed by atoms with Crippen molar-refractivity contribution in [1.29, 1.82) is 0 Å². The summed E-state index contributed by atoms with van der Waals surface area (Å²) in [5.41, 5.74) is 1.01. The summed E-state index contributed by atoms with van der Waals surface area (Å²) in [6, 6.07) is 6.91. The van der Waals surface area contributed by atoms with Crippen LogP contribution in [0.15, 0.2) is 30.5 Å². The number of carbonyl (C=O) groups is 1. The van der Waals surface area contributed by atoms with E-state index in [1.54, 1.807) is 18.3 Å². The molecule has 3 heterocycles. The van der Waals surface area contributed by atoms with E-state index in [1.807, 2.05) is 12.1 Å². The molecule has 0 spiro atoms. The second-order valence-corrected chi connectivity index (χ2v) is 6.35. The van der Waals surface area contributed by atoms with Crippen molar-refractivity contribution in [3.05, 3.63) is 41.0 Å². The average molecular weight is 376 g/mol. The highest BCUT2D eigenvalue weighted by Gasteiger charge is 2.19. The van der Waals surface area contributed by atoms with Gasteiger partial charge < -0.3 is 24.4 Å². The third-order valence-electron chi connectivity index (χ3n) is 4.20. The van der Waals surface area contributed by atoms with E-state index in [4.69, 9.17) is 25.8 Å². The molecule has 0 unspecified atom stereocenters. The smallest absolute Gasteiger partial charge is 0.255 e. The molecule has 4 rings (SSSR count). The van der Waals surface area contributed by atoms with Crippen molar-refractivity contribution in [3.63, 3.8) is 0 Å². The number of nitrogens with zero attached hydrogens (tertiary/aromatic N) is 2. The van der Waals surface area contributed by atoms with Gasteiger partial charge in [0.15, 0.2) is 11.5 Å². The Morgan fingerprint density at radius 2 is 1.92 bits per heavy atom. The zero-order chi connectivity index (χ0) is 17.9. The Hall–Kier alpha value is -2.51. The Kier molecular flexibility index (Phi) is 4.81. The maximum Gasteiger partial charge on any atom is 0.255 e. The molecule has 0 atom stereocenters. The first-order chi connectivity index (χ1) is 12.7. The van der Waals surface area contributed by atoms with Crippen molar-refractivity contribution in [1.82, 2.24) is 4.98 Å². The van der Waals surface area contributed by atoms with Crippen LogP contribution in [0, 0.1) is 0 Å². The fourth-order valence-corrected chi connectivity index (χ4v) is 3.15. The van der Waals surface area contributed by atoms with Gasteiger partial charge in [-0.3, -0.25) is 4.79 Å². The summed E-state index contributed by atoms with van der Waals surface area (Å²) in [4.78, 5) is 19.1. The Morgan fingerprint density at radius 3 is 2.69 bits per heavy atom. The van der Waals surface area contributed by atoms with Gasteiger partial charge in [-0.25, -0.2) is 4.98 Å². The number of morpholine rings is 1. The largest absolute Gasteiger partial charge is 0.486 e. The molecule has 1 aromatic carbocycles. The third-order valence-corrected chi connectivity index (χ3v) is 4.48. The van der Waals surface area contributed by atoms with Crippen LogP contribution in [0.5, 0.6) is 11.5 Å². The Bertz CT molecular complexity index is 807. The first kappa shape index (κ1) is 16.9. The van der Waals surface area contributed by atoms with Gasteiger partial charge in [0.2, 0.25) is 0 Å². The van der Waals surface area contributed by atoms with Crippen molar-refractivity contribution in [2.24, 2.45) is 0 Å². The van der Waals surface area contributed by atoms with E-state index < -0.39 is 0 Å². The van der Waals surface area contributed by atoms with E-state index in [0.29, 0.717) is 54.2 Å². The zero-order valence-electron chi connectivity index (χ0n) is 14.0. The monoisotopic (exact) mass is 375 g/mol. The molecular weight excluding hydrogens is 358 g/mol. The van der Waals surface area contributed by atoms with E-state index in [1.165, 1.54) is 0 Å². The number of carbonyl (C=O) groups excluding carboxylic acids is 1. The van der Waals surface area contributed by atoms with Gasteiger partial charge in [-0.2, -0.15) is 0 Å². The lowest BCUT2D eigenvalue weighted by atomic mass is 10.1. The van der Waals surface area contributed by atoms with Crippen molar-refractivity contribution < 1.29 is 19.0 Å². The van der Waals surface area contributed by atoms with Crippen LogP contribution in [0.3, 0.4) is 0 Å². The number of rotatable bonds is 3. The number of fused-ring (bicyclic) bond motifs is 1.